The molecule has 0 spiro atoms. The molecule has 0 radical (unpaired) electrons. The van der Waals surface area contributed by atoms with Gasteiger partial charge in [-0.3, -0.25) is 4.79 Å². The van der Waals surface area contributed by atoms with Gasteiger partial charge in [0.25, 0.3) is 0 Å². The van der Waals surface area contributed by atoms with Gasteiger partial charge in [-0.25, -0.2) is 0 Å². The minimum atomic E-state index is -0.655. The van der Waals surface area contributed by atoms with Gasteiger partial charge in [0.05, 0.1) is 5.54 Å². The fourth-order valence-corrected chi connectivity index (χ4v) is 3.77. The first kappa shape index (κ1) is 14.8. The zero-order valence-corrected chi connectivity index (χ0v) is 12.8. The maximum Gasteiger partial charge on any atom is 0.240 e. The van der Waals surface area contributed by atoms with E-state index in [0.717, 1.165) is 19.4 Å². The van der Waals surface area contributed by atoms with Crippen LogP contribution in [0.4, 0.5) is 0 Å². The summed E-state index contributed by atoms with van der Waals surface area (Å²) in [5.41, 5.74) is 5.86. The quantitative estimate of drug-likeness (QED) is 0.776. The molecule has 3 N–H and O–H groups in total. The highest BCUT2D eigenvalue weighted by Crippen LogP contribution is 2.43. The second-order valence-electron chi connectivity index (χ2n) is 7.54. The second kappa shape index (κ2) is 5.43. The number of carbonyl (C=O) groups excluding carboxylic acids is 1. The molecule has 2 aliphatic carbocycles. The van der Waals surface area contributed by atoms with Crippen LogP contribution in [-0.2, 0) is 4.79 Å². The fraction of sp³-hybridized carbons (Fsp3) is 0.938. The van der Waals surface area contributed by atoms with Gasteiger partial charge in [0.2, 0.25) is 5.91 Å². The molecule has 0 aromatic carbocycles. The highest BCUT2D eigenvalue weighted by Gasteiger charge is 2.45. The van der Waals surface area contributed by atoms with E-state index in [-0.39, 0.29) is 5.91 Å². The third-order valence-electron chi connectivity index (χ3n) is 5.04. The smallest absolute Gasteiger partial charge is 0.240 e. The number of hydrogen-bond acceptors (Lipinski definition) is 2. The third-order valence-corrected chi connectivity index (χ3v) is 5.04. The molecule has 0 aromatic rings. The van der Waals surface area contributed by atoms with Crippen molar-refractivity contribution < 1.29 is 4.79 Å². The van der Waals surface area contributed by atoms with Crippen molar-refractivity contribution >= 4 is 5.91 Å². The topological polar surface area (TPSA) is 55.1 Å². The van der Waals surface area contributed by atoms with Gasteiger partial charge in [0, 0.05) is 6.54 Å². The van der Waals surface area contributed by atoms with Crippen molar-refractivity contribution in [3.8, 4) is 0 Å². The normalized spacial score (nSPS) is 25.3. The first-order valence-electron chi connectivity index (χ1n) is 7.93. The molecule has 0 heterocycles. The molecule has 0 bridgehead atoms. The second-order valence-corrected chi connectivity index (χ2v) is 7.54. The molecule has 1 unspecified atom stereocenters. The van der Waals surface area contributed by atoms with E-state index in [2.05, 4.69) is 19.2 Å². The minimum Gasteiger partial charge on any atom is -0.354 e. The Balaban J connectivity index is 1.90. The van der Waals surface area contributed by atoms with Crippen LogP contribution in [0.15, 0.2) is 0 Å². The molecule has 19 heavy (non-hydrogen) atoms. The van der Waals surface area contributed by atoms with Crippen molar-refractivity contribution in [1.82, 2.24) is 5.32 Å². The van der Waals surface area contributed by atoms with E-state index in [4.69, 9.17) is 5.73 Å². The maximum absolute atomic E-state index is 12.3. The number of rotatable bonds is 6. The van der Waals surface area contributed by atoms with Crippen LogP contribution in [0, 0.1) is 17.3 Å². The Kier molecular flexibility index (Phi) is 4.24. The Labute approximate surface area is 117 Å². The Morgan fingerprint density at radius 2 is 1.95 bits per heavy atom. The van der Waals surface area contributed by atoms with Crippen LogP contribution in [0.25, 0.3) is 0 Å². The Morgan fingerprint density at radius 1 is 1.37 bits per heavy atom. The Bertz CT molecular complexity index is 326. The van der Waals surface area contributed by atoms with Crippen molar-refractivity contribution in [1.29, 1.82) is 0 Å². The lowest BCUT2D eigenvalue weighted by Gasteiger charge is -2.33. The molecule has 2 fully saturated rings. The van der Waals surface area contributed by atoms with Gasteiger partial charge >= 0.3 is 0 Å². The Morgan fingerprint density at radius 3 is 2.42 bits per heavy atom. The molecule has 1 atom stereocenters. The van der Waals surface area contributed by atoms with Gasteiger partial charge in [-0.15, -0.1) is 0 Å². The zero-order chi connectivity index (χ0) is 14.1. The van der Waals surface area contributed by atoms with Crippen molar-refractivity contribution in [2.24, 2.45) is 23.0 Å². The van der Waals surface area contributed by atoms with Crippen LogP contribution in [-0.4, -0.2) is 18.0 Å². The summed E-state index contributed by atoms with van der Waals surface area (Å²) in [6.45, 7) is 7.27. The lowest BCUT2D eigenvalue weighted by atomic mass is 9.78. The average Bonchev–Trinajstić information content (AvgIpc) is 3.09. The van der Waals surface area contributed by atoms with E-state index in [1.165, 1.54) is 32.1 Å². The first-order chi connectivity index (χ1) is 8.86. The molecule has 0 aliphatic heterocycles. The van der Waals surface area contributed by atoms with Gasteiger partial charge in [-0.2, -0.15) is 0 Å². The lowest BCUT2D eigenvalue weighted by Crippen LogP contribution is -2.55. The lowest BCUT2D eigenvalue weighted by molar-refractivity contribution is -0.127. The molecule has 1 amide bonds. The number of nitrogens with two attached hydrogens (primary N) is 1. The summed E-state index contributed by atoms with van der Waals surface area (Å²) in [4.78, 5) is 12.3. The molecule has 3 heteroatoms. The summed E-state index contributed by atoms with van der Waals surface area (Å²) in [7, 11) is 0. The average molecular weight is 266 g/mol. The summed E-state index contributed by atoms with van der Waals surface area (Å²) < 4.78 is 0. The molecule has 2 saturated carbocycles. The summed E-state index contributed by atoms with van der Waals surface area (Å²) in [6, 6.07) is 0. The van der Waals surface area contributed by atoms with Gasteiger partial charge in [0.15, 0.2) is 0 Å². The van der Waals surface area contributed by atoms with Gasteiger partial charge < -0.3 is 11.1 Å². The summed E-state index contributed by atoms with van der Waals surface area (Å²) in [6.07, 6.45) is 8.58. The molecule has 3 nitrogen and oxygen atoms in total. The van der Waals surface area contributed by atoms with E-state index < -0.39 is 5.54 Å². The number of amides is 1. The third kappa shape index (κ3) is 3.50. The largest absolute Gasteiger partial charge is 0.354 e. The number of hydrogen-bond donors (Lipinski definition) is 2. The zero-order valence-electron chi connectivity index (χ0n) is 12.8. The number of carbonyl (C=O) groups is 1. The van der Waals surface area contributed by atoms with Crippen LogP contribution in [0.3, 0.4) is 0 Å². The van der Waals surface area contributed by atoms with E-state index in [0.29, 0.717) is 17.3 Å². The minimum absolute atomic E-state index is 0.0602. The molecule has 2 aliphatic rings. The van der Waals surface area contributed by atoms with Crippen LogP contribution in [0.2, 0.25) is 0 Å². The number of nitrogens with one attached hydrogen (secondary N) is 1. The summed E-state index contributed by atoms with van der Waals surface area (Å²) in [5, 5.41) is 3.17. The summed E-state index contributed by atoms with van der Waals surface area (Å²) >= 11 is 0. The maximum atomic E-state index is 12.3. The SMILES string of the molecule is CC(C)CC1(CNC(=O)C(C)(N)C2CC2)CCCC1. The van der Waals surface area contributed by atoms with Gasteiger partial charge in [0.1, 0.15) is 0 Å². The molecule has 0 saturated heterocycles. The van der Waals surface area contributed by atoms with Crippen molar-refractivity contribution in [3.63, 3.8) is 0 Å². The molecule has 110 valence electrons. The molecule has 0 aromatic heterocycles. The van der Waals surface area contributed by atoms with Crippen molar-refractivity contribution in [2.75, 3.05) is 6.54 Å². The molecular formula is C16H30N2O. The van der Waals surface area contributed by atoms with Crippen LogP contribution in [0.5, 0.6) is 0 Å². The summed E-state index contributed by atoms with van der Waals surface area (Å²) in [5.74, 6) is 1.16. The highest BCUT2D eigenvalue weighted by atomic mass is 16.2. The first-order valence-corrected chi connectivity index (χ1v) is 7.93. The van der Waals surface area contributed by atoms with Gasteiger partial charge in [-0.1, -0.05) is 26.7 Å². The Hall–Kier alpha value is -0.570. The van der Waals surface area contributed by atoms with E-state index >= 15 is 0 Å². The monoisotopic (exact) mass is 266 g/mol. The standard InChI is InChI=1S/C16H30N2O/c1-12(2)10-16(8-4-5-9-16)11-18-14(19)15(3,17)13-6-7-13/h12-13H,4-11,17H2,1-3H3,(H,18,19). The fourth-order valence-electron chi connectivity index (χ4n) is 3.77. The van der Waals surface area contributed by atoms with Crippen molar-refractivity contribution in [2.45, 2.75) is 71.3 Å². The van der Waals surface area contributed by atoms with Crippen LogP contribution < -0.4 is 11.1 Å². The predicted octanol–water partition coefficient (Wildman–Crippen LogP) is 2.84. The van der Waals surface area contributed by atoms with Crippen LogP contribution in [0.1, 0.15) is 65.7 Å². The molecule has 2 rings (SSSR count). The van der Waals surface area contributed by atoms with Crippen molar-refractivity contribution in [3.05, 3.63) is 0 Å². The van der Waals surface area contributed by atoms with E-state index in [1.54, 1.807) is 0 Å². The van der Waals surface area contributed by atoms with E-state index in [1.807, 2.05) is 6.92 Å². The van der Waals surface area contributed by atoms with Gasteiger partial charge in [-0.05, 0) is 56.3 Å². The highest BCUT2D eigenvalue weighted by molar-refractivity contribution is 5.86. The van der Waals surface area contributed by atoms with E-state index in [9.17, 15) is 4.79 Å². The molecular weight excluding hydrogens is 236 g/mol. The van der Waals surface area contributed by atoms with Crippen LogP contribution >= 0.6 is 0 Å². The predicted molar refractivity (Wildman–Crippen MR) is 78.7 cm³/mol.